The topological polar surface area (TPSA) is 61.4 Å². The van der Waals surface area contributed by atoms with Crippen molar-refractivity contribution in [3.63, 3.8) is 0 Å². The normalized spacial score (nSPS) is 26.3. The molecule has 0 bridgehead atoms. The molecule has 2 aliphatic carbocycles. The zero-order chi connectivity index (χ0) is 15.5. The van der Waals surface area contributed by atoms with Crippen LogP contribution in [0.1, 0.15) is 50.1 Å². The minimum Gasteiger partial charge on any atom is -0.393 e. The molecule has 3 rings (SSSR count). The molecule has 4 nitrogen and oxygen atoms in total. The van der Waals surface area contributed by atoms with Gasteiger partial charge in [0.15, 0.2) is 0 Å². The Hall–Kier alpha value is -1.26. The van der Waals surface area contributed by atoms with Crippen LogP contribution in [0.2, 0.25) is 5.02 Å². The molecule has 0 radical (unpaired) electrons. The Kier molecular flexibility index (Phi) is 4.89. The minimum absolute atomic E-state index is 0.0615. The van der Waals surface area contributed by atoms with Crippen molar-refractivity contribution in [3.05, 3.63) is 34.9 Å². The summed E-state index contributed by atoms with van der Waals surface area (Å²) in [6.07, 6.45) is 5.36. The highest BCUT2D eigenvalue weighted by Crippen LogP contribution is 2.41. The average Bonchev–Trinajstić information content (AvgIpc) is 3.33. The third-order valence-electron chi connectivity index (χ3n) is 4.64. The van der Waals surface area contributed by atoms with E-state index < -0.39 is 0 Å². The van der Waals surface area contributed by atoms with E-state index in [4.69, 9.17) is 11.6 Å². The first-order chi connectivity index (χ1) is 10.6. The number of rotatable bonds is 4. The lowest BCUT2D eigenvalue weighted by atomic mass is 9.93. The number of hydrogen-bond acceptors (Lipinski definition) is 2. The Labute approximate surface area is 136 Å². The van der Waals surface area contributed by atoms with Crippen molar-refractivity contribution in [3.8, 4) is 0 Å². The Morgan fingerprint density at radius 3 is 2.32 bits per heavy atom. The monoisotopic (exact) mass is 322 g/mol. The van der Waals surface area contributed by atoms with Crippen molar-refractivity contribution in [1.29, 1.82) is 0 Å². The zero-order valence-corrected chi connectivity index (χ0v) is 13.4. The molecule has 0 aliphatic heterocycles. The highest BCUT2D eigenvalue weighted by Gasteiger charge is 2.33. The second-order valence-electron chi connectivity index (χ2n) is 6.49. The van der Waals surface area contributed by atoms with Crippen LogP contribution >= 0.6 is 11.6 Å². The average molecular weight is 323 g/mol. The molecule has 0 spiro atoms. The number of nitrogens with one attached hydrogen (secondary N) is 2. The number of aliphatic hydroxyl groups excluding tert-OH is 1. The molecule has 0 heterocycles. The van der Waals surface area contributed by atoms with E-state index in [9.17, 15) is 9.90 Å². The SMILES string of the molecule is O=C(NC1CCC(O)CC1)NC(c1ccc(Cl)cc1)C1CC1. The van der Waals surface area contributed by atoms with Gasteiger partial charge in [-0.15, -0.1) is 0 Å². The number of halogens is 1. The van der Waals surface area contributed by atoms with Crippen LogP contribution < -0.4 is 10.6 Å². The molecular formula is C17H23ClN2O2. The van der Waals surface area contributed by atoms with Gasteiger partial charge in [-0.1, -0.05) is 23.7 Å². The Bertz CT molecular complexity index is 508. The molecular weight excluding hydrogens is 300 g/mol. The summed E-state index contributed by atoms with van der Waals surface area (Å²) in [5, 5.41) is 16.4. The van der Waals surface area contributed by atoms with Crippen molar-refractivity contribution in [2.24, 2.45) is 5.92 Å². The zero-order valence-electron chi connectivity index (χ0n) is 12.6. The molecule has 120 valence electrons. The van der Waals surface area contributed by atoms with Gasteiger partial charge >= 0.3 is 6.03 Å². The van der Waals surface area contributed by atoms with E-state index >= 15 is 0 Å². The summed E-state index contributed by atoms with van der Waals surface area (Å²) < 4.78 is 0. The van der Waals surface area contributed by atoms with Crippen molar-refractivity contribution in [1.82, 2.24) is 10.6 Å². The van der Waals surface area contributed by atoms with Gasteiger partial charge < -0.3 is 15.7 Å². The number of urea groups is 1. The molecule has 1 atom stereocenters. The molecule has 0 aromatic heterocycles. The lowest BCUT2D eigenvalue weighted by Crippen LogP contribution is -2.45. The first-order valence-electron chi connectivity index (χ1n) is 8.12. The second-order valence-corrected chi connectivity index (χ2v) is 6.93. The van der Waals surface area contributed by atoms with Crippen molar-refractivity contribution < 1.29 is 9.90 Å². The fraction of sp³-hybridized carbons (Fsp3) is 0.588. The Balaban J connectivity index is 1.57. The minimum atomic E-state index is -0.200. The van der Waals surface area contributed by atoms with Gasteiger partial charge in [-0.05, 0) is 62.1 Å². The van der Waals surface area contributed by atoms with Gasteiger partial charge in [0, 0.05) is 11.1 Å². The van der Waals surface area contributed by atoms with Gasteiger partial charge in [0.1, 0.15) is 0 Å². The Morgan fingerprint density at radius 2 is 1.73 bits per heavy atom. The quantitative estimate of drug-likeness (QED) is 0.795. The molecule has 2 amide bonds. The summed E-state index contributed by atoms with van der Waals surface area (Å²) >= 11 is 5.94. The van der Waals surface area contributed by atoms with Crippen molar-refractivity contribution in [2.45, 2.75) is 56.7 Å². The van der Waals surface area contributed by atoms with Crippen LogP contribution in [0.15, 0.2) is 24.3 Å². The van der Waals surface area contributed by atoms with Crippen molar-refractivity contribution in [2.75, 3.05) is 0 Å². The van der Waals surface area contributed by atoms with Crippen LogP contribution in [0, 0.1) is 5.92 Å². The van der Waals surface area contributed by atoms with Crippen LogP contribution in [0.3, 0.4) is 0 Å². The molecule has 3 N–H and O–H groups in total. The van der Waals surface area contributed by atoms with Crippen LogP contribution in [0.25, 0.3) is 0 Å². The van der Waals surface area contributed by atoms with Gasteiger partial charge in [-0.25, -0.2) is 4.79 Å². The lowest BCUT2D eigenvalue weighted by Gasteiger charge is -2.27. The summed E-state index contributed by atoms with van der Waals surface area (Å²) in [5.41, 5.74) is 1.11. The second kappa shape index (κ2) is 6.88. The predicted molar refractivity (Wildman–Crippen MR) is 86.8 cm³/mol. The summed E-state index contributed by atoms with van der Waals surface area (Å²) in [5.74, 6) is 0.528. The molecule has 1 aromatic rings. The van der Waals surface area contributed by atoms with Crippen LogP contribution in [0.5, 0.6) is 0 Å². The fourth-order valence-electron chi connectivity index (χ4n) is 3.16. The smallest absolute Gasteiger partial charge is 0.315 e. The van der Waals surface area contributed by atoms with Gasteiger partial charge in [0.25, 0.3) is 0 Å². The van der Waals surface area contributed by atoms with E-state index in [0.29, 0.717) is 10.9 Å². The van der Waals surface area contributed by atoms with E-state index in [2.05, 4.69) is 10.6 Å². The lowest BCUT2D eigenvalue weighted by molar-refractivity contribution is 0.117. The largest absolute Gasteiger partial charge is 0.393 e. The fourth-order valence-corrected chi connectivity index (χ4v) is 3.29. The first kappa shape index (κ1) is 15.6. The number of aliphatic hydroxyl groups is 1. The maximum atomic E-state index is 12.3. The molecule has 1 aromatic carbocycles. The van der Waals surface area contributed by atoms with Crippen LogP contribution in [0.4, 0.5) is 4.79 Å². The Morgan fingerprint density at radius 1 is 1.09 bits per heavy atom. The van der Waals surface area contributed by atoms with E-state index in [1.807, 2.05) is 24.3 Å². The standard InChI is InChI=1S/C17H23ClN2O2/c18-13-5-3-12(4-6-13)16(11-1-2-11)20-17(22)19-14-7-9-15(21)10-8-14/h3-6,11,14-16,21H,1-2,7-10H2,(H2,19,20,22). The summed E-state index contributed by atoms with van der Waals surface area (Å²) in [6, 6.07) is 7.85. The van der Waals surface area contributed by atoms with E-state index in [1.165, 1.54) is 0 Å². The number of carbonyl (C=O) groups is 1. The van der Waals surface area contributed by atoms with Crippen molar-refractivity contribution >= 4 is 17.6 Å². The number of benzene rings is 1. The first-order valence-corrected chi connectivity index (χ1v) is 8.50. The molecule has 22 heavy (non-hydrogen) atoms. The molecule has 1 unspecified atom stereocenters. The van der Waals surface area contributed by atoms with Gasteiger partial charge in [-0.2, -0.15) is 0 Å². The van der Waals surface area contributed by atoms with Gasteiger partial charge in [0.05, 0.1) is 12.1 Å². The van der Waals surface area contributed by atoms with Gasteiger partial charge in [-0.3, -0.25) is 0 Å². The van der Waals surface area contributed by atoms with E-state index in [-0.39, 0.29) is 24.2 Å². The summed E-state index contributed by atoms with van der Waals surface area (Å²) in [7, 11) is 0. The van der Waals surface area contributed by atoms with E-state index in [1.54, 1.807) is 0 Å². The molecule has 2 saturated carbocycles. The highest BCUT2D eigenvalue weighted by atomic mass is 35.5. The third kappa shape index (κ3) is 4.14. The maximum Gasteiger partial charge on any atom is 0.315 e. The highest BCUT2D eigenvalue weighted by molar-refractivity contribution is 6.30. The van der Waals surface area contributed by atoms with Gasteiger partial charge in [0.2, 0.25) is 0 Å². The number of carbonyl (C=O) groups excluding carboxylic acids is 1. The number of amides is 2. The van der Waals surface area contributed by atoms with Crippen LogP contribution in [-0.4, -0.2) is 23.3 Å². The summed E-state index contributed by atoms with van der Waals surface area (Å²) in [6.45, 7) is 0. The predicted octanol–water partition coefficient (Wildman–Crippen LogP) is 3.39. The maximum absolute atomic E-state index is 12.3. The summed E-state index contributed by atoms with van der Waals surface area (Å²) in [4.78, 5) is 12.3. The third-order valence-corrected chi connectivity index (χ3v) is 4.89. The van der Waals surface area contributed by atoms with Crippen LogP contribution in [-0.2, 0) is 0 Å². The molecule has 5 heteroatoms. The molecule has 2 fully saturated rings. The number of hydrogen-bond donors (Lipinski definition) is 3. The van der Waals surface area contributed by atoms with E-state index in [0.717, 1.165) is 44.1 Å². The molecule has 2 aliphatic rings. The molecule has 0 saturated heterocycles.